The summed E-state index contributed by atoms with van der Waals surface area (Å²) in [5, 5.41) is 2.96. The van der Waals surface area contributed by atoms with E-state index >= 15 is 0 Å². The van der Waals surface area contributed by atoms with Gasteiger partial charge in [0.05, 0.1) is 0 Å². The second-order valence-electron chi connectivity index (χ2n) is 6.35. The summed E-state index contributed by atoms with van der Waals surface area (Å²) in [4.78, 5) is 12.0. The van der Waals surface area contributed by atoms with Crippen molar-refractivity contribution in [1.29, 1.82) is 0 Å². The first kappa shape index (κ1) is 16.5. The Morgan fingerprint density at radius 1 is 1.08 bits per heavy atom. The highest BCUT2D eigenvalue weighted by molar-refractivity contribution is 5.94. The Morgan fingerprint density at radius 2 is 1.83 bits per heavy atom. The molecule has 1 atom stereocenters. The number of rotatable bonds is 7. The van der Waals surface area contributed by atoms with Crippen LogP contribution < -0.4 is 15.8 Å². The predicted molar refractivity (Wildman–Crippen MR) is 95.2 cm³/mol. The largest absolute Gasteiger partial charge is 0.485 e. The van der Waals surface area contributed by atoms with E-state index in [1.807, 2.05) is 48.5 Å². The molecule has 0 aliphatic carbocycles. The van der Waals surface area contributed by atoms with Crippen molar-refractivity contribution in [2.75, 3.05) is 13.1 Å². The van der Waals surface area contributed by atoms with Crippen LogP contribution in [0.25, 0.3) is 0 Å². The van der Waals surface area contributed by atoms with E-state index in [0.29, 0.717) is 18.7 Å². The fourth-order valence-electron chi connectivity index (χ4n) is 3.19. The zero-order valence-corrected chi connectivity index (χ0v) is 13.8. The van der Waals surface area contributed by atoms with E-state index in [0.717, 1.165) is 31.4 Å². The molecule has 0 fully saturated rings. The molecule has 4 nitrogen and oxygen atoms in total. The molecule has 0 spiro atoms. The van der Waals surface area contributed by atoms with Crippen molar-refractivity contribution < 1.29 is 9.53 Å². The van der Waals surface area contributed by atoms with E-state index in [1.54, 1.807) is 0 Å². The number of para-hydroxylation sites is 1. The van der Waals surface area contributed by atoms with Gasteiger partial charge < -0.3 is 15.8 Å². The highest BCUT2D eigenvalue weighted by atomic mass is 16.5. The SMILES string of the molecule is NCC1(CCCCNC(=O)c2ccccc2)Cc2ccccc2O1. The number of hydrogen-bond donors (Lipinski definition) is 2. The molecule has 126 valence electrons. The molecule has 0 bridgehead atoms. The third kappa shape index (κ3) is 3.77. The van der Waals surface area contributed by atoms with Gasteiger partial charge in [0, 0.05) is 25.1 Å². The zero-order valence-electron chi connectivity index (χ0n) is 13.8. The summed E-state index contributed by atoms with van der Waals surface area (Å²) in [7, 11) is 0. The van der Waals surface area contributed by atoms with Crippen LogP contribution in [0.2, 0.25) is 0 Å². The van der Waals surface area contributed by atoms with Gasteiger partial charge in [-0.15, -0.1) is 0 Å². The molecule has 2 aromatic rings. The van der Waals surface area contributed by atoms with Gasteiger partial charge in [0.2, 0.25) is 0 Å². The number of unbranched alkanes of at least 4 members (excludes halogenated alkanes) is 1. The van der Waals surface area contributed by atoms with Crippen molar-refractivity contribution in [1.82, 2.24) is 5.32 Å². The molecule has 0 saturated carbocycles. The van der Waals surface area contributed by atoms with Gasteiger partial charge in [-0.1, -0.05) is 36.4 Å². The quantitative estimate of drug-likeness (QED) is 0.770. The number of nitrogens with two attached hydrogens (primary N) is 1. The van der Waals surface area contributed by atoms with E-state index in [2.05, 4.69) is 11.4 Å². The predicted octanol–water partition coefficient (Wildman–Crippen LogP) is 2.92. The van der Waals surface area contributed by atoms with Crippen LogP contribution in [0.4, 0.5) is 0 Å². The Hall–Kier alpha value is -2.33. The summed E-state index contributed by atoms with van der Waals surface area (Å²) in [6, 6.07) is 17.4. The fourth-order valence-corrected chi connectivity index (χ4v) is 3.19. The Bertz CT molecular complexity index is 660. The first-order valence-electron chi connectivity index (χ1n) is 8.53. The van der Waals surface area contributed by atoms with Crippen molar-refractivity contribution in [3.05, 3.63) is 65.7 Å². The highest BCUT2D eigenvalue weighted by Gasteiger charge is 2.37. The summed E-state index contributed by atoms with van der Waals surface area (Å²) < 4.78 is 6.13. The average molecular weight is 324 g/mol. The van der Waals surface area contributed by atoms with Gasteiger partial charge in [0.15, 0.2) is 0 Å². The van der Waals surface area contributed by atoms with Gasteiger partial charge in [0.25, 0.3) is 5.91 Å². The molecule has 24 heavy (non-hydrogen) atoms. The molecule has 1 aliphatic rings. The average Bonchev–Trinajstić information content (AvgIpc) is 3.01. The van der Waals surface area contributed by atoms with E-state index in [9.17, 15) is 4.79 Å². The zero-order chi connectivity index (χ0) is 16.8. The van der Waals surface area contributed by atoms with Crippen LogP contribution in [-0.4, -0.2) is 24.6 Å². The minimum atomic E-state index is -0.285. The topological polar surface area (TPSA) is 64.3 Å². The lowest BCUT2D eigenvalue weighted by Gasteiger charge is -2.27. The summed E-state index contributed by atoms with van der Waals surface area (Å²) in [5.74, 6) is 0.939. The molecular weight excluding hydrogens is 300 g/mol. The molecular formula is C20H24N2O2. The van der Waals surface area contributed by atoms with Crippen LogP contribution in [0.15, 0.2) is 54.6 Å². The van der Waals surface area contributed by atoms with E-state index in [-0.39, 0.29) is 11.5 Å². The molecule has 3 rings (SSSR count). The Balaban J connectivity index is 1.42. The number of carbonyl (C=O) groups is 1. The lowest BCUT2D eigenvalue weighted by molar-refractivity contribution is 0.0896. The molecule has 1 aliphatic heterocycles. The molecule has 4 heteroatoms. The first-order valence-corrected chi connectivity index (χ1v) is 8.53. The molecule has 0 saturated heterocycles. The second kappa shape index (κ2) is 7.49. The Morgan fingerprint density at radius 3 is 2.58 bits per heavy atom. The van der Waals surface area contributed by atoms with Gasteiger partial charge in [0.1, 0.15) is 11.4 Å². The van der Waals surface area contributed by atoms with Gasteiger partial charge in [-0.2, -0.15) is 0 Å². The normalized spacial score (nSPS) is 18.7. The minimum absolute atomic E-state index is 0.0198. The summed E-state index contributed by atoms with van der Waals surface area (Å²) in [6.07, 6.45) is 3.66. The molecule has 1 amide bonds. The maximum absolute atomic E-state index is 12.0. The summed E-state index contributed by atoms with van der Waals surface area (Å²) >= 11 is 0. The molecule has 1 unspecified atom stereocenters. The van der Waals surface area contributed by atoms with E-state index in [4.69, 9.17) is 10.5 Å². The molecule has 0 radical (unpaired) electrons. The van der Waals surface area contributed by atoms with Gasteiger partial charge >= 0.3 is 0 Å². The van der Waals surface area contributed by atoms with Crippen molar-refractivity contribution in [3.8, 4) is 5.75 Å². The van der Waals surface area contributed by atoms with E-state index < -0.39 is 0 Å². The standard InChI is InChI=1S/C20H24N2O2/c21-15-20(14-17-10-4-5-11-18(17)24-20)12-6-7-13-22-19(23)16-8-2-1-3-9-16/h1-5,8-11H,6-7,12-15,21H2,(H,22,23). The van der Waals surface area contributed by atoms with Crippen molar-refractivity contribution >= 4 is 5.91 Å². The van der Waals surface area contributed by atoms with E-state index in [1.165, 1.54) is 5.56 Å². The molecule has 3 N–H and O–H groups in total. The maximum Gasteiger partial charge on any atom is 0.251 e. The van der Waals surface area contributed by atoms with Crippen LogP contribution in [0, 0.1) is 0 Å². The summed E-state index contributed by atoms with van der Waals surface area (Å²) in [5.41, 5.74) is 7.64. The monoisotopic (exact) mass is 324 g/mol. The molecule has 0 aromatic heterocycles. The van der Waals surface area contributed by atoms with Crippen molar-refractivity contribution in [2.45, 2.75) is 31.3 Å². The minimum Gasteiger partial charge on any atom is -0.485 e. The maximum atomic E-state index is 12.0. The van der Waals surface area contributed by atoms with Gasteiger partial charge in [-0.3, -0.25) is 4.79 Å². The number of nitrogens with one attached hydrogen (secondary N) is 1. The van der Waals surface area contributed by atoms with Crippen molar-refractivity contribution in [3.63, 3.8) is 0 Å². The van der Waals surface area contributed by atoms with Crippen LogP contribution in [0.5, 0.6) is 5.75 Å². The van der Waals surface area contributed by atoms with Gasteiger partial charge in [-0.05, 0) is 43.0 Å². The first-order chi connectivity index (χ1) is 11.7. The molecule has 2 aromatic carbocycles. The highest BCUT2D eigenvalue weighted by Crippen LogP contribution is 2.37. The van der Waals surface area contributed by atoms with Crippen LogP contribution in [0.3, 0.4) is 0 Å². The van der Waals surface area contributed by atoms with Crippen LogP contribution in [0.1, 0.15) is 35.2 Å². The lowest BCUT2D eigenvalue weighted by atomic mass is 9.91. The lowest BCUT2D eigenvalue weighted by Crippen LogP contribution is -2.42. The Labute approximate surface area is 143 Å². The number of carbonyl (C=O) groups excluding carboxylic acids is 1. The third-order valence-corrected chi connectivity index (χ3v) is 4.56. The number of amides is 1. The van der Waals surface area contributed by atoms with Crippen LogP contribution in [-0.2, 0) is 6.42 Å². The molecule has 1 heterocycles. The van der Waals surface area contributed by atoms with Gasteiger partial charge in [-0.25, -0.2) is 0 Å². The number of benzene rings is 2. The smallest absolute Gasteiger partial charge is 0.251 e. The number of ether oxygens (including phenoxy) is 1. The van der Waals surface area contributed by atoms with Crippen molar-refractivity contribution in [2.24, 2.45) is 5.73 Å². The fraction of sp³-hybridized carbons (Fsp3) is 0.350. The number of fused-ring (bicyclic) bond motifs is 1. The third-order valence-electron chi connectivity index (χ3n) is 4.56. The summed E-state index contributed by atoms with van der Waals surface area (Å²) in [6.45, 7) is 1.18. The Kier molecular flexibility index (Phi) is 5.16. The number of hydrogen-bond acceptors (Lipinski definition) is 3. The second-order valence-corrected chi connectivity index (χ2v) is 6.35. The van der Waals surface area contributed by atoms with Crippen LogP contribution >= 0.6 is 0 Å².